The first-order valence-corrected chi connectivity index (χ1v) is 7.54. The van der Waals surface area contributed by atoms with Gasteiger partial charge in [-0.3, -0.25) is 9.32 Å². The van der Waals surface area contributed by atoms with E-state index in [4.69, 9.17) is 0 Å². The zero-order valence-corrected chi connectivity index (χ0v) is 13.6. The summed E-state index contributed by atoms with van der Waals surface area (Å²) in [4.78, 5) is 35.5. The lowest BCUT2D eigenvalue weighted by Gasteiger charge is -2.12. The number of thioether (sulfide) groups is 1. The minimum atomic E-state index is -0.578. The van der Waals surface area contributed by atoms with Gasteiger partial charge in [-0.15, -0.1) is 0 Å². The number of methoxy groups -OCH3 is 1. The Morgan fingerprint density at radius 3 is 2.70 bits per heavy atom. The van der Waals surface area contributed by atoms with E-state index in [9.17, 15) is 14.4 Å². The number of aryl methyl sites for hydroxylation is 1. The van der Waals surface area contributed by atoms with E-state index < -0.39 is 16.8 Å². The second kappa shape index (κ2) is 7.14. The molecule has 0 aliphatic heterocycles. The number of nitrogens with one attached hydrogen (secondary N) is 2. The predicted octanol–water partition coefficient (Wildman–Crippen LogP) is 0.698. The molecule has 1 amide bonds. The van der Waals surface area contributed by atoms with Gasteiger partial charge < -0.3 is 10.1 Å². The normalized spacial score (nSPS) is 11.8. The number of carbonyl (C=O) groups excluding carboxylic acids is 2. The van der Waals surface area contributed by atoms with Crippen molar-refractivity contribution in [1.82, 2.24) is 5.27 Å². The number of para-hydroxylation sites is 1. The third-order valence-electron chi connectivity index (χ3n) is 3.00. The largest absolute Gasteiger partial charge is 0.465 e. The Balaban J connectivity index is 2.13. The third kappa shape index (κ3) is 3.81. The van der Waals surface area contributed by atoms with Gasteiger partial charge in [0.2, 0.25) is 5.91 Å². The number of benzene rings is 1. The highest BCUT2D eigenvalue weighted by Gasteiger charge is 2.26. The summed E-state index contributed by atoms with van der Waals surface area (Å²) >= 11 is 1.05. The summed E-state index contributed by atoms with van der Waals surface area (Å²) < 4.78 is 10.7. The Labute approximate surface area is 135 Å². The standard InChI is InChI=1S/C14H15N3O5S/c1-8(23-12-14(20)22-16-17(12)2)11(18)15-10-7-5-4-6-9(10)13(19)21-3/h4-8H,1-3H3,(H-,15,16,18,19,20)/p+1. The minimum Gasteiger partial charge on any atom is -0.465 e. The summed E-state index contributed by atoms with van der Waals surface area (Å²) in [7, 11) is 2.87. The van der Waals surface area contributed by atoms with Crippen molar-refractivity contribution in [2.45, 2.75) is 17.2 Å². The van der Waals surface area contributed by atoms with Crippen molar-refractivity contribution in [3.05, 3.63) is 40.2 Å². The van der Waals surface area contributed by atoms with E-state index in [1.807, 2.05) is 0 Å². The van der Waals surface area contributed by atoms with Crippen LogP contribution in [0, 0.1) is 0 Å². The number of esters is 1. The second-order valence-corrected chi connectivity index (χ2v) is 5.96. The van der Waals surface area contributed by atoms with Gasteiger partial charge in [-0.05, 0) is 36.1 Å². The molecule has 0 saturated carbocycles. The molecule has 0 spiro atoms. The molecule has 122 valence electrons. The molecule has 0 aliphatic carbocycles. The number of rotatable bonds is 5. The van der Waals surface area contributed by atoms with Crippen LogP contribution in [-0.2, 0) is 16.6 Å². The van der Waals surface area contributed by atoms with Gasteiger partial charge >= 0.3 is 16.6 Å². The maximum Gasteiger partial charge on any atom is 0.441 e. The minimum absolute atomic E-state index is 0.257. The molecule has 1 heterocycles. The van der Waals surface area contributed by atoms with Crippen LogP contribution in [0.25, 0.3) is 0 Å². The zero-order chi connectivity index (χ0) is 17.0. The van der Waals surface area contributed by atoms with E-state index in [1.54, 1.807) is 38.2 Å². The number of hydrogen-bond donors (Lipinski definition) is 2. The van der Waals surface area contributed by atoms with Crippen LogP contribution >= 0.6 is 11.8 Å². The third-order valence-corrected chi connectivity index (χ3v) is 4.23. The summed E-state index contributed by atoms with van der Waals surface area (Å²) in [5.41, 5.74) is 0.0571. The van der Waals surface area contributed by atoms with Crippen molar-refractivity contribution in [2.24, 2.45) is 7.05 Å². The van der Waals surface area contributed by atoms with Crippen molar-refractivity contribution in [1.29, 1.82) is 0 Å². The van der Waals surface area contributed by atoms with Crippen LogP contribution in [0.4, 0.5) is 5.69 Å². The van der Waals surface area contributed by atoms with Gasteiger partial charge in [0.1, 0.15) is 0 Å². The fourth-order valence-corrected chi connectivity index (χ4v) is 2.63. The number of aromatic nitrogens is 2. The number of ether oxygens (including phenoxy) is 1. The molecule has 0 fully saturated rings. The van der Waals surface area contributed by atoms with Crippen molar-refractivity contribution in [2.75, 3.05) is 12.4 Å². The van der Waals surface area contributed by atoms with Gasteiger partial charge in [-0.1, -0.05) is 16.8 Å². The van der Waals surface area contributed by atoms with Gasteiger partial charge in [-0.25, -0.2) is 9.59 Å². The van der Waals surface area contributed by atoms with Crippen LogP contribution in [0.5, 0.6) is 0 Å². The second-order valence-electron chi connectivity index (χ2n) is 4.63. The lowest BCUT2D eigenvalue weighted by atomic mass is 10.2. The number of hydrogen-bond acceptors (Lipinski definition) is 6. The van der Waals surface area contributed by atoms with Gasteiger partial charge in [0.05, 0.1) is 23.6 Å². The number of aromatic amines is 1. The highest BCUT2D eigenvalue weighted by Crippen LogP contribution is 2.21. The van der Waals surface area contributed by atoms with E-state index in [0.29, 0.717) is 5.69 Å². The molecule has 0 radical (unpaired) electrons. The number of H-pyrrole nitrogens is 1. The average molecular weight is 338 g/mol. The first kappa shape index (κ1) is 16.8. The summed E-state index contributed by atoms with van der Waals surface area (Å²) in [6.45, 7) is 1.65. The average Bonchev–Trinajstić information content (AvgIpc) is 2.86. The van der Waals surface area contributed by atoms with Crippen LogP contribution in [-0.4, -0.2) is 29.5 Å². The molecule has 23 heavy (non-hydrogen) atoms. The molecule has 0 aliphatic rings. The Bertz CT molecular complexity index is 783. The fourth-order valence-electron chi connectivity index (χ4n) is 1.79. The maximum atomic E-state index is 12.3. The van der Waals surface area contributed by atoms with Crippen molar-refractivity contribution in [3.63, 3.8) is 0 Å². The Hall–Kier alpha value is -2.55. The molecule has 8 nitrogen and oxygen atoms in total. The molecule has 1 aromatic heterocycles. The smallest absolute Gasteiger partial charge is 0.441 e. The molecule has 0 bridgehead atoms. The number of amides is 1. The topological polar surface area (TPSA) is 105 Å². The van der Waals surface area contributed by atoms with Gasteiger partial charge in [0.15, 0.2) is 7.05 Å². The molecular weight excluding hydrogens is 322 g/mol. The quantitative estimate of drug-likeness (QED) is 0.472. The molecule has 2 rings (SSSR count). The molecule has 9 heteroatoms. The first-order valence-electron chi connectivity index (χ1n) is 6.66. The fraction of sp³-hybridized carbons (Fsp3) is 0.286. The predicted molar refractivity (Wildman–Crippen MR) is 82.2 cm³/mol. The van der Waals surface area contributed by atoms with Crippen LogP contribution in [0.1, 0.15) is 17.3 Å². The van der Waals surface area contributed by atoms with Gasteiger partial charge in [0.25, 0.3) is 0 Å². The van der Waals surface area contributed by atoms with Crippen LogP contribution in [0.3, 0.4) is 0 Å². The highest BCUT2D eigenvalue weighted by molar-refractivity contribution is 8.00. The lowest BCUT2D eigenvalue weighted by molar-refractivity contribution is -0.772. The molecule has 2 aromatic rings. The van der Waals surface area contributed by atoms with Crippen LogP contribution in [0.15, 0.2) is 38.6 Å². The van der Waals surface area contributed by atoms with E-state index >= 15 is 0 Å². The summed E-state index contributed by atoms with van der Waals surface area (Å²) in [6.07, 6.45) is 0. The van der Waals surface area contributed by atoms with Gasteiger partial charge in [-0.2, -0.15) is 0 Å². The summed E-state index contributed by atoms with van der Waals surface area (Å²) in [6, 6.07) is 6.53. The molecule has 1 unspecified atom stereocenters. The number of anilines is 1. The molecule has 0 saturated heterocycles. The Morgan fingerprint density at radius 2 is 2.09 bits per heavy atom. The van der Waals surface area contributed by atoms with Crippen LogP contribution < -0.4 is 15.6 Å². The number of carbonyl (C=O) groups is 2. The Kier molecular flexibility index (Phi) is 5.22. The van der Waals surface area contributed by atoms with Gasteiger partial charge in [0, 0.05) is 0 Å². The first-order chi connectivity index (χ1) is 10.9. The molecule has 1 atom stereocenters. The van der Waals surface area contributed by atoms with Crippen molar-refractivity contribution in [3.8, 4) is 0 Å². The van der Waals surface area contributed by atoms with Crippen molar-refractivity contribution < 1.29 is 23.5 Å². The Morgan fingerprint density at radius 1 is 1.39 bits per heavy atom. The molecular formula is C14H16N3O5S+. The van der Waals surface area contributed by atoms with E-state index in [1.165, 1.54) is 11.8 Å². The SMILES string of the molecule is COC(=O)c1ccccc1NC(=O)C(C)Sc1c(=O)o[nH][n+]1C. The van der Waals surface area contributed by atoms with E-state index in [-0.39, 0.29) is 16.5 Å². The molecule has 2 N–H and O–H groups in total. The number of nitrogens with zero attached hydrogens (tertiary/aromatic N) is 1. The summed E-state index contributed by atoms with van der Waals surface area (Å²) in [5.74, 6) is -0.897. The maximum absolute atomic E-state index is 12.3. The molecule has 1 aromatic carbocycles. The summed E-state index contributed by atoms with van der Waals surface area (Å²) in [5, 5.41) is 4.74. The lowest BCUT2D eigenvalue weighted by Crippen LogP contribution is -2.35. The monoisotopic (exact) mass is 338 g/mol. The van der Waals surface area contributed by atoms with Crippen molar-refractivity contribution >= 4 is 29.3 Å². The van der Waals surface area contributed by atoms with E-state index in [0.717, 1.165) is 11.8 Å². The van der Waals surface area contributed by atoms with Crippen LogP contribution in [0.2, 0.25) is 0 Å². The highest BCUT2D eigenvalue weighted by atomic mass is 32.2. The van der Waals surface area contributed by atoms with E-state index in [2.05, 4.69) is 19.8 Å². The zero-order valence-electron chi connectivity index (χ0n) is 12.8.